The van der Waals surface area contributed by atoms with Gasteiger partial charge in [-0.1, -0.05) is 12.1 Å². The molecule has 3 aromatic rings. The van der Waals surface area contributed by atoms with Crippen molar-refractivity contribution in [2.75, 3.05) is 18.0 Å². The molecule has 7 heteroatoms. The number of nitrogens with zero attached hydrogens (tertiary/aromatic N) is 3. The lowest BCUT2D eigenvalue weighted by molar-refractivity contribution is -0.125. The SMILES string of the molecule is O=C(NCc1cccs1)[C@H]1CCCN(c2ccc(-c3cccs3)nn2)C1. The van der Waals surface area contributed by atoms with Crippen molar-refractivity contribution in [3.05, 3.63) is 52.0 Å². The average Bonchev–Trinajstić information content (AvgIpc) is 3.40. The number of hydrogen-bond acceptors (Lipinski definition) is 6. The van der Waals surface area contributed by atoms with Gasteiger partial charge in [0.2, 0.25) is 5.91 Å². The summed E-state index contributed by atoms with van der Waals surface area (Å²) in [5.41, 5.74) is 0.894. The Labute approximate surface area is 160 Å². The minimum atomic E-state index is 0.00230. The largest absolute Gasteiger partial charge is 0.354 e. The standard InChI is InChI=1S/C19H20N4OS2/c24-19(20-12-15-5-2-10-25-15)14-4-1-9-23(13-14)18-8-7-16(21-22-18)17-6-3-11-26-17/h2-3,5-8,10-11,14H,1,4,9,12-13H2,(H,20,24)/t14-/m0/s1. The van der Waals surface area contributed by atoms with Gasteiger partial charge in [-0.05, 0) is 47.9 Å². The monoisotopic (exact) mass is 384 g/mol. The topological polar surface area (TPSA) is 58.1 Å². The Kier molecular flexibility index (Phi) is 5.26. The summed E-state index contributed by atoms with van der Waals surface area (Å²) >= 11 is 3.32. The highest BCUT2D eigenvalue weighted by atomic mass is 32.1. The van der Waals surface area contributed by atoms with E-state index in [1.165, 1.54) is 4.88 Å². The molecular formula is C19H20N4OS2. The van der Waals surface area contributed by atoms with Gasteiger partial charge in [-0.2, -0.15) is 0 Å². The van der Waals surface area contributed by atoms with E-state index in [0.29, 0.717) is 13.1 Å². The summed E-state index contributed by atoms with van der Waals surface area (Å²) in [6, 6.07) is 12.1. The van der Waals surface area contributed by atoms with Crippen molar-refractivity contribution >= 4 is 34.4 Å². The minimum absolute atomic E-state index is 0.00230. The number of carbonyl (C=O) groups excluding carboxylic acids is 1. The summed E-state index contributed by atoms with van der Waals surface area (Å²) < 4.78 is 0. The van der Waals surface area contributed by atoms with E-state index >= 15 is 0 Å². The second-order valence-corrected chi connectivity index (χ2v) is 8.32. The smallest absolute Gasteiger partial charge is 0.225 e. The van der Waals surface area contributed by atoms with Gasteiger partial charge in [-0.15, -0.1) is 32.9 Å². The fraction of sp³-hybridized carbons (Fsp3) is 0.316. The molecule has 0 saturated carbocycles. The molecule has 1 amide bonds. The van der Waals surface area contributed by atoms with Gasteiger partial charge in [0.15, 0.2) is 5.82 Å². The van der Waals surface area contributed by atoms with Gasteiger partial charge in [0.25, 0.3) is 0 Å². The average molecular weight is 385 g/mol. The molecule has 1 aliphatic heterocycles. The third-order valence-electron chi connectivity index (χ3n) is 4.56. The number of thiophene rings is 2. The number of hydrogen-bond donors (Lipinski definition) is 1. The normalized spacial score (nSPS) is 17.2. The first-order chi connectivity index (χ1) is 12.8. The summed E-state index contributed by atoms with van der Waals surface area (Å²) in [7, 11) is 0. The zero-order chi connectivity index (χ0) is 17.8. The maximum absolute atomic E-state index is 12.5. The zero-order valence-corrected chi connectivity index (χ0v) is 15.9. The maximum atomic E-state index is 12.5. The second-order valence-electron chi connectivity index (χ2n) is 6.34. The van der Waals surface area contributed by atoms with Crippen LogP contribution < -0.4 is 10.2 Å². The second kappa shape index (κ2) is 7.97. The van der Waals surface area contributed by atoms with Gasteiger partial charge in [0.1, 0.15) is 5.69 Å². The van der Waals surface area contributed by atoms with Crippen molar-refractivity contribution in [2.45, 2.75) is 19.4 Å². The van der Waals surface area contributed by atoms with E-state index in [-0.39, 0.29) is 11.8 Å². The lowest BCUT2D eigenvalue weighted by Gasteiger charge is -2.32. The van der Waals surface area contributed by atoms with Crippen LogP contribution in [0.15, 0.2) is 47.2 Å². The van der Waals surface area contributed by atoms with E-state index in [1.807, 2.05) is 47.2 Å². The minimum Gasteiger partial charge on any atom is -0.354 e. The molecule has 1 atom stereocenters. The molecule has 5 nitrogen and oxygen atoms in total. The van der Waals surface area contributed by atoms with E-state index in [2.05, 4.69) is 20.4 Å². The lowest BCUT2D eigenvalue weighted by atomic mass is 9.97. The Balaban J connectivity index is 1.37. The highest BCUT2D eigenvalue weighted by Crippen LogP contribution is 2.25. The van der Waals surface area contributed by atoms with Gasteiger partial charge in [-0.3, -0.25) is 4.79 Å². The van der Waals surface area contributed by atoms with E-state index in [0.717, 1.165) is 35.8 Å². The Hall–Kier alpha value is -2.25. The number of piperidine rings is 1. The maximum Gasteiger partial charge on any atom is 0.225 e. The van der Waals surface area contributed by atoms with Gasteiger partial charge in [-0.25, -0.2) is 0 Å². The van der Waals surface area contributed by atoms with E-state index in [9.17, 15) is 4.79 Å². The fourth-order valence-corrected chi connectivity index (χ4v) is 4.52. The first kappa shape index (κ1) is 17.2. The van der Waals surface area contributed by atoms with Crippen molar-refractivity contribution in [1.82, 2.24) is 15.5 Å². The molecule has 0 radical (unpaired) electrons. The molecule has 1 saturated heterocycles. The van der Waals surface area contributed by atoms with Gasteiger partial charge >= 0.3 is 0 Å². The summed E-state index contributed by atoms with van der Waals surface area (Å²) in [4.78, 5) is 17.0. The van der Waals surface area contributed by atoms with Crippen LogP contribution in [0.5, 0.6) is 0 Å². The van der Waals surface area contributed by atoms with Gasteiger partial charge in [0, 0.05) is 18.0 Å². The van der Waals surface area contributed by atoms with Crippen LogP contribution >= 0.6 is 22.7 Å². The number of rotatable bonds is 5. The molecular weight excluding hydrogens is 364 g/mol. The number of anilines is 1. The Morgan fingerprint density at radius 1 is 1.15 bits per heavy atom. The Morgan fingerprint density at radius 3 is 2.77 bits per heavy atom. The van der Waals surface area contributed by atoms with Gasteiger partial charge in [0.05, 0.1) is 17.3 Å². The van der Waals surface area contributed by atoms with E-state index < -0.39 is 0 Å². The molecule has 1 aliphatic rings. The molecule has 0 aromatic carbocycles. The molecule has 134 valence electrons. The molecule has 1 fully saturated rings. The number of nitrogens with one attached hydrogen (secondary N) is 1. The number of carbonyl (C=O) groups is 1. The molecule has 1 N–H and O–H groups in total. The van der Waals surface area contributed by atoms with Crippen LogP contribution in [0, 0.1) is 5.92 Å². The van der Waals surface area contributed by atoms with Crippen LogP contribution in [0.2, 0.25) is 0 Å². The molecule has 4 rings (SSSR count). The molecule has 0 bridgehead atoms. The number of amides is 1. The zero-order valence-electron chi connectivity index (χ0n) is 14.3. The Morgan fingerprint density at radius 2 is 2.04 bits per heavy atom. The Bertz CT molecular complexity index is 831. The van der Waals surface area contributed by atoms with E-state index in [1.54, 1.807) is 22.7 Å². The molecule has 0 spiro atoms. The van der Waals surface area contributed by atoms with Crippen LogP contribution in [0.4, 0.5) is 5.82 Å². The highest BCUT2D eigenvalue weighted by molar-refractivity contribution is 7.13. The number of aromatic nitrogens is 2. The summed E-state index contributed by atoms with van der Waals surface area (Å²) in [6.07, 6.45) is 1.92. The molecule has 3 aromatic heterocycles. The van der Waals surface area contributed by atoms with Crippen LogP contribution in [0.25, 0.3) is 10.6 Å². The molecule has 0 unspecified atom stereocenters. The van der Waals surface area contributed by atoms with Crippen molar-refractivity contribution in [1.29, 1.82) is 0 Å². The highest BCUT2D eigenvalue weighted by Gasteiger charge is 2.26. The fourth-order valence-electron chi connectivity index (χ4n) is 3.18. The van der Waals surface area contributed by atoms with Crippen LogP contribution in [0.1, 0.15) is 17.7 Å². The lowest BCUT2D eigenvalue weighted by Crippen LogP contribution is -2.43. The predicted octanol–water partition coefficient (Wildman–Crippen LogP) is 3.80. The first-order valence-electron chi connectivity index (χ1n) is 8.72. The summed E-state index contributed by atoms with van der Waals surface area (Å²) in [6.45, 7) is 2.23. The molecule has 26 heavy (non-hydrogen) atoms. The molecule has 0 aliphatic carbocycles. The third-order valence-corrected chi connectivity index (χ3v) is 6.33. The predicted molar refractivity (Wildman–Crippen MR) is 106 cm³/mol. The van der Waals surface area contributed by atoms with Crippen LogP contribution in [-0.4, -0.2) is 29.2 Å². The van der Waals surface area contributed by atoms with Crippen molar-refractivity contribution in [2.24, 2.45) is 5.92 Å². The van der Waals surface area contributed by atoms with Gasteiger partial charge < -0.3 is 10.2 Å². The van der Waals surface area contributed by atoms with Crippen LogP contribution in [0.3, 0.4) is 0 Å². The van der Waals surface area contributed by atoms with Crippen molar-refractivity contribution in [3.63, 3.8) is 0 Å². The quantitative estimate of drug-likeness (QED) is 0.727. The van der Waals surface area contributed by atoms with Crippen LogP contribution in [-0.2, 0) is 11.3 Å². The summed E-state index contributed by atoms with van der Waals surface area (Å²) in [5.74, 6) is 0.981. The first-order valence-corrected chi connectivity index (χ1v) is 10.5. The van der Waals surface area contributed by atoms with Crippen molar-refractivity contribution < 1.29 is 4.79 Å². The molecule has 4 heterocycles. The van der Waals surface area contributed by atoms with E-state index in [4.69, 9.17) is 0 Å². The summed E-state index contributed by atoms with van der Waals surface area (Å²) in [5, 5.41) is 15.9. The third kappa shape index (κ3) is 3.94. The van der Waals surface area contributed by atoms with Crippen molar-refractivity contribution in [3.8, 4) is 10.6 Å².